The molecule has 2 heterocycles. The molecule has 25 heavy (non-hydrogen) atoms. The molecule has 138 valence electrons. The van der Waals surface area contributed by atoms with Crippen LogP contribution >= 0.6 is 0 Å². The Kier molecular flexibility index (Phi) is 5.64. The minimum atomic E-state index is -4.31. The first-order valence-electron chi connectivity index (χ1n) is 8.81. The summed E-state index contributed by atoms with van der Waals surface area (Å²) in [6.45, 7) is 4.99. The fourth-order valence-electron chi connectivity index (χ4n) is 3.56. The van der Waals surface area contributed by atoms with Crippen molar-refractivity contribution in [2.45, 2.75) is 25.6 Å². The van der Waals surface area contributed by atoms with E-state index >= 15 is 0 Å². The highest BCUT2D eigenvalue weighted by Crippen LogP contribution is 2.29. The molecule has 7 heteroatoms. The predicted octanol–water partition coefficient (Wildman–Crippen LogP) is 2.35. The van der Waals surface area contributed by atoms with E-state index in [0.29, 0.717) is 38.3 Å². The van der Waals surface area contributed by atoms with Gasteiger partial charge in [-0.3, -0.25) is 9.69 Å². The number of halogens is 3. The first-order chi connectivity index (χ1) is 11.9. The van der Waals surface area contributed by atoms with Gasteiger partial charge in [0.1, 0.15) is 0 Å². The average Bonchev–Trinajstić information content (AvgIpc) is 2.62. The molecule has 2 saturated heterocycles. The lowest BCUT2D eigenvalue weighted by atomic mass is 9.96. The average molecular weight is 355 g/mol. The number of rotatable bonds is 3. The van der Waals surface area contributed by atoms with Crippen LogP contribution < -0.4 is 5.32 Å². The molecule has 1 aromatic carbocycles. The molecule has 0 aliphatic carbocycles. The van der Waals surface area contributed by atoms with Gasteiger partial charge in [-0.1, -0.05) is 18.2 Å². The van der Waals surface area contributed by atoms with Crippen LogP contribution in [0.2, 0.25) is 0 Å². The van der Waals surface area contributed by atoms with Crippen molar-refractivity contribution in [1.82, 2.24) is 15.1 Å². The summed E-state index contributed by atoms with van der Waals surface area (Å²) in [7, 11) is 0. The van der Waals surface area contributed by atoms with Crippen molar-refractivity contribution < 1.29 is 18.0 Å². The highest BCUT2D eigenvalue weighted by molar-refractivity contribution is 5.79. The number of carbonyl (C=O) groups excluding carboxylic acids is 1. The van der Waals surface area contributed by atoms with Gasteiger partial charge in [0.25, 0.3) is 0 Å². The Hall–Kier alpha value is -1.60. The molecule has 1 amide bonds. The Labute approximate surface area is 146 Å². The number of nitrogens with one attached hydrogen (secondary N) is 1. The molecule has 2 aliphatic rings. The highest BCUT2D eigenvalue weighted by Gasteiger charge is 2.31. The number of carbonyl (C=O) groups is 1. The maximum atomic E-state index is 12.8. The number of nitrogens with zero attached hydrogens (tertiary/aromatic N) is 2. The molecule has 0 bridgehead atoms. The van der Waals surface area contributed by atoms with E-state index in [1.807, 2.05) is 4.90 Å². The SMILES string of the molecule is O=C(C1CCNCC1)N1CCN(Cc2cccc(C(F)(F)F)c2)CC1. The minimum absolute atomic E-state index is 0.122. The first kappa shape index (κ1) is 18.2. The Morgan fingerprint density at radius 1 is 1.12 bits per heavy atom. The van der Waals surface area contributed by atoms with Gasteiger partial charge in [-0.15, -0.1) is 0 Å². The van der Waals surface area contributed by atoms with Crippen LogP contribution in [0.25, 0.3) is 0 Å². The molecular formula is C18H24F3N3O. The Morgan fingerprint density at radius 3 is 2.44 bits per heavy atom. The largest absolute Gasteiger partial charge is 0.416 e. The van der Waals surface area contributed by atoms with Crippen molar-refractivity contribution in [2.24, 2.45) is 5.92 Å². The van der Waals surface area contributed by atoms with Crippen molar-refractivity contribution in [1.29, 1.82) is 0 Å². The van der Waals surface area contributed by atoms with Gasteiger partial charge in [-0.05, 0) is 37.6 Å². The van der Waals surface area contributed by atoms with Gasteiger partial charge in [-0.25, -0.2) is 0 Å². The number of piperazine rings is 1. The minimum Gasteiger partial charge on any atom is -0.340 e. The van der Waals surface area contributed by atoms with Crippen molar-refractivity contribution in [3.8, 4) is 0 Å². The molecule has 4 nitrogen and oxygen atoms in total. The number of piperidine rings is 1. The summed E-state index contributed by atoms with van der Waals surface area (Å²) in [5, 5.41) is 3.26. The Balaban J connectivity index is 1.52. The van der Waals surface area contributed by atoms with E-state index in [-0.39, 0.29) is 11.8 Å². The van der Waals surface area contributed by atoms with E-state index in [1.165, 1.54) is 12.1 Å². The lowest BCUT2D eigenvalue weighted by Gasteiger charge is -2.37. The van der Waals surface area contributed by atoms with Crippen LogP contribution in [0.15, 0.2) is 24.3 Å². The van der Waals surface area contributed by atoms with E-state index in [9.17, 15) is 18.0 Å². The van der Waals surface area contributed by atoms with E-state index in [4.69, 9.17) is 0 Å². The summed E-state index contributed by atoms with van der Waals surface area (Å²) in [6, 6.07) is 5.49. The molecular weight excluding hydrogens is 331 g/mol. The van der Waals surface area contributed by atoms with Gasteiger partial charge in [0.2, 0.25) is 5.91 Å². The second-order valence-corrected chi connectivity index (χ2v) is 6.82. The van der Waals surface area contributed by atoms with Crippen LogP contribution in [-0.2, 0) is 17.5 Å². The Morgan fingerprint density at radius 2 is 1.80 bits per heavy atom. The zero-order valence-corrected chi connectivity index (χ0v) is 14.2. The molecule has 2 aliphatic heterocycles. The van der Waals surface area contributed by atoms with Gasteiger partial charge in [-0.2, -0.15) is 13.2 Å². The molecule has 0 spiro atoms. The smallest absolute Gasteiger partial charge is 0.340 e. The van der Waals surface area contributed by atoms with E-state index in [2.05, 4.69) is 10.2 Å². The van der Waals surface area contributed by atoms with Gasteiger partial charge < -0.3 is 10.2 Å². The van der Waals surface area contributed by atoms with Crippen LogP contribution in [-0.4, -0.2) is 55.0 Å². The number of benzene rings is 1. The zero-order chi connectivity index (χ0) is 17.9. The summed E-state index contributed by atoms with van der Waals surface area (Å²) in [4.78, 5) is 16.6. The third kappa shape index (κ3) is 4.73. The normalized spacial score (nSPS) is 20.7. The molecule has 0 saturated carbocycles. The van der Waals surface area contributed by atoms with Gasteiger partial charge in [0.15, 0.2) is 0 Å². The van der Waals surface area contributed by atoms with Gasteiger partial charge in [0, 0.05) is 38.6 Å². The highest BCUT2D eigenvalue weighted by atomic mass is 19.4. The maximum Gasteiger partial charge on any atom is 0.416 e. The van der Waals surface area contributed by atoms with E-state index < -0.39 is 11.7 Å². The molecule has 0 atom stereocenters. The monoisotopic (exact) mass is 355 g/mol. The first-order valence-corrected chi connectivity index (χ1v) is 8.81. The summed E-state index contributed by atoms with van der Waals surface area (Å²) in [5.41, 5.74) is 0.0534. The Bertz CT molecular complexity index is 591. The molecule has 1 N–H and O–H groups in total. The molecule has 0 radical (unpaired) electrons. The van der Waals surface area contributed by atoms with Crippen molar-refractivity contribution in [3.05, 3.63) is 35.4 Å². The zero-order valence-electron chi connectivity index (χ0n) is 14.2. The predicted molar refractivity (Wildman–Crippen MR) is 88.9 cm³/mol. The standard InChI is InChI=1S/C18H24F3N3O/c19-18(20,21)16-3-1-2-14(12-16)13-23-8-10-24(11-9-23)17(25)15-4-6-22-7-5-15/h1-3,12,15,22H,4-11,13H2. The van der Waals surface area contributed by atoms with Crippen LogP contribution in [0.1, 0.15) is 24.0 Å². The van der Waals surface area contributed by atoms with E-state index in [1.54, 1.807) is 6.07 Å². The van der Waals surface area contributed by atoms with Crippen molar-refractivity contribution in [2.75, 3.05) is 39.3 Å². The number of amides is 1. The van der Waals surface area contributed by atoms with Crippen molar-refractivity contribution >= 4 is 5.91 Å². The third-order valence-electron chi connectivity index (χ3n) is 5.03. The number of hydrogen-bond acceptors (Lipinski definition) is 3. The number of alkyl halides is 3. The van der Waals surface area contributed by atoms with Crippen LogP contribution in [0.4, 0.5) is 13.2 Å². The maximum absolute atomic E-state index is 12.8. The summed E-state index contributed by atoms with van der Waals surface area (Å²) >= 11 is 0. The second-order valence-electron chi connectivity index (χ2n) is 6.82. The summed E-state index contributed by atoms with van der Waals surface area (Å²) in [5.74, 6) is 0.358. The molecule has 3 rings (SSSR count). The van der Waals surface area contributed by atoms with Crippen LogP contribution in [0.3, 0.4) is 0 Å². The van der Waals surface area contributed by atoms with Gasteiger partial charge >= 0.3 is 6.18 Å². The molecule has 0 aromatic heterocycles. The second kappa shape index (κ2) is 7.74. The summed E-state index contributed by atoms with van der Waals surface area (Å²) in [6.07, 6.45) is -2.53. The third-order valence-corrected chi connectivity index (χ3v) is 5.03. The van der Waals surface area contributed by atoms with Crippen molar-refractivity contribution in [3.63, 3.8) is 0 Å². The van der Waals surface area contributed by atoms with Crippen LogP contribution in [0.5, 0.6) is 0 Å². The topological polar surface area (TPSA) is 35.6 Å². The molecule has 0 unspecified atom stereocenters. The van der Waals surface area contributed by atoms with Gasteiger partial charge in [0.05, 0.1) is 5.56 Å². The lowest BCUT2D eigenvalue weighted by Crippen LogP contribution is -2.51. The molecule has 2 fully saturated rings. The molecule has 1 aromatic rings. The summed E-state index contributed by atoms with van der Waals surface area (Å²) < 4.78 is 38.4. The lowest BCUT2D eigenvalue weighted by molar-refractivity contribution is -0.139. The van der Waals surface area contributed by atoms with Crippen LogP contribution in [0, 0.1) is 5.92 Å². The fourth-order valence-corrected chi connectivity index (χ4v) is 3.56. The number of hydrogen-bond donors (Lipinski definition) is 1. The quantitative estimate of drug-likeness (QED) is 0.904. The van der Waals surface area contributed by atoms with E-state index in [0.717, 1.165) is 32.0 Å². The fraction of sp³-hybridized carbons (Fsp3) is 0.611.